The number of carboxylic acids is 1. The SMILES string of the molecule is Cn1c(C(=O)NC(CCCN)C(=O)NC2CCCC2C(=O)O)cc2ccccc21. The Kier molecular flexibility index (Phi) is 6.53. The molecule has 29 heavy (non-hydrogen) atoms. The highest BCUT2D eigenvalue weighted by Crippen LogP contribution is 2.26. The fraction of sp³-hybridized carbons (Fsp3) is 0.476. The summed E-state index contributed by atoms with van der Waals surface area (Å²) in [6, 6.07) is 8.28. The van der Waals surface area contributed by atoms with Crippen LogP contribution in [0.4, 0.5) is 0 Å². The summed E-state index contributed by atoms with van der Waals surface area (Å²) in [7, 11) is 1.81. The van der Waals surface area contributed by atoms with Crippen LogP contribution in [-0.2, 0) is 16.6 Å². The van der Waals surface area contributed by atoms with Crippen molar-refractivity contribution in [3.05, 3.63) is 36.0 Å². The Morgan fingerprint density at radius 3 is 2.72 bits per heavy atom. The van der Waals surface area contributed by atoms with Gasteiger partial charge in [-0.15, -0.1) is 0 Å². The zero-order valence-electron chi connectivity index (χ0n) is 16.6. The molecule has 3 rings (SSSR count). The summed E-state index contributed by atoms with van der Waals surface area (Å²) in [5.74, 6) is -2.18. The zero-order chi connectivity index (χ0) is 21.0. The van der Waals surface area contributed by atoms with Gasteiger partial charge in [0.15, 0.2) is 0 Å². The van der Waals surface area contributed by atoms with Gasteiger partial charge >= 0.3 is 5.97 Å². The fourth-order valence-electron chi connectivity index (χ4n) is 4.04. The molecule has 3 atom stereocenters. The van der Waals surface area contributed by atoms with E-state index in [9.17, 15) is 19.5 Å². The van der Waals surface area contributed by atoms with Crippen molar-refractivity contribution in [1.29, 1.82) is 0 Å². The van der Waals surface area contributed by atoms with Crippen molar-refractivity contribution in [2.24, 2.45) is 18.7 Å². The number of nitrogens with one attached hydrogen (secondary N) is 2. The lowest BCUT2D eigenvalue weighted by molar-refractivity contribution is -0.142. The molecule has 1 aromatic heterocycles. The third kappa shape index (κ3) is 4.59. The Balaban J connectivity index is 1.73. The van der Waals surface area contributed by atoms with Crippen LogP contribution in [0.15, 0.2) is 30.3 Å². The molecule has 0 radical (unpaired) electrons. The number of fused-ring (bicyclic) bond motifs is 1. The van der Waals surface area contributed by atoms with Crippen molar-refractivity contribution in [3.8, 4) is 0 Å². The standard InChI is InChI=1S/C21H28N4O4/c1-25-17-10-3-2-6-13(17)12-18(25)20(27)24-16(9-5-11-22)19(26)23-15-8-4-7-14(15)21(28)29/h2-3,6,10,12,14-16H,4-5,7-9,11,22H2,1H3,(H,23,26)(H,24,27)(H,28,29). The fourth-order valence-corrected chi connectivity index (χ4v) is 4.04. The van der Waals surface area contributed by atoms with Crippen LogP contribution in [0.5, 0.6) is 0 Å². The largest absolute Gasteiger partial charge is 0.481 e. The maximum absolute atomic E-state index is 12.9. The Labute approximate surface area is 169 Å². The number of aliphatic carboxylic acids is 1. The highest BCUT2D eigenvalue weighted by Gasteiger charge is 2.35. The van der Waals surface area contributed by atoms with Crippen LogP contribution >= 0.6 is 0 Å². The minimum Gasteiger partial charge on any atom is -0.481 e. The number of amides is 2. The molecule has 5 N–H and O–H groups in total. The highest BCUT2D eigenvalue weighted by molar-refractivity contribution is 6.00. The molecular weight excluding hydrogens is 372 g/mol. The molecule has 0 spiro atoms. The van der Waals surface area contributed by atoms with E-state index < -0.39 is 24.0 Å². The number of benzene rings is 1. The number of para-hydroxylation sites is 1. The molecule has 0 bridgehead atoms. The van der Waals surface area contributed by atoms with Crippen molar-refractivity contribution in [1.82, 2.24) is 15.2 Å². The van der Waals surface area contributed by atoms with Gasteiger partial charge in [0.05, 0.1) is 5.92 Å². The van der Waals surface area contributed by atoms with E-state index in [4.69, 9.17) is 5.73 Å². The predicted octanol–water partition coefficient (Wildman–Crippen LogP) is 1.39. The van der Waals surface area contributed by atoms with Crippen LogP contribution in [0.25, 0.3) is 10.9 Å². The van der Waals surface area contributed by atoms with Crippen LogP contribution < -0.4 is 16.4 Å². The predicted molar refractivity (Wildman–Crippen MR) is 109 cm³/mol. The summed E-state index contributed by atoms with van der Waals surface area (Å²) in [5.41, 5.74) is 6.98. The minimum atomic E-state index is -0.897. The molecule has 156 valence electrons. The molecule has 8 heteroatoms. The lowest BCUT2D eigenvalue weighted by Gasteiger charge is -2.23. The maximum Gasteiger partial charge on any atom is 0.308 e. The van der Waals surface area contributed by atoms with E-state index in [1.54, 1.807) is 10.6 Å². The molecule has 1 heterocycles. The number of aryl methyl sites for hydroxylation is 1. The molecule has 3 unspecified atom stereocenters. The number of hydrogen-bond acceptors (Lipinski definition) is 4. The number of nitrogens with zero attached hydrogens (tertiary/aromatic N) is 1. The third-order valence-electron chi connectivity index (χ3n) is 5.66. The van der Waals surface area contributed by atoms with E-state index in [1.807, 2.05) is 31.3 Å². The van der Waals surface area contributed by atoms with Gasteiger partial charge in [0.25, 0.3) is 5.91 Å². The van der Waals surface area contributed by atoms with Gasteiger partial charge in [-0.05, 0) is 44.4 Å². The number of carbonyl (C=O) groups excluding carboxylic acids is 2. The third-order valence-corrected chi connectivity index (χ3v) is 5.66. The van der Waals surface area contributed by atoms with Crippen molar-refractivity contribution < 1.29 is 19.5 Å². The summed E-state index contributed by atoms with van der Waals surface area (Å²) >= 11 is 0. The lowest BCUT2D eigenvalue weighted by atomic mass is 10.0. The molecule has 1 aliphatic rings. The number of carbonyl (C=O) groups is 3. The van der Waals surface area contributed by atoms with E-state index in [2.05, 4.69) is 10.6 Å². The average Bonchev–Trinajstić information content (AvgIpc) is 3.30. The quantitative estimate of drug-likeness (QED) is 0.533. The second kappa shape index (κ2) is 9.09. The smallest absolute Gasteiger partial charge is 0.308 e. The number of hydrogen-bond donors (Lipinski definition) is 4. The monoisotopic (exact) mass is 400 g/mol. The topological polar surface area (TPSA) is 126 Å². The van der Waals surface area contributed by atoms with Crippen molar-refractivity contribution in [2.45, 2.75) is 44.2 Å². The maximum atomic E-state index is 12.9. The molecule has 0 saturated heterocycles. The second-order valence-corrected chi connectivity index (χ2v) is 7.60. The Bertz CT molecular complexity index is 907. The Morgan fingerprint density at radius 2 is 2.03 bits per heavy atom. The van der Waals surface area contributed by atoms with Crippen molar-refractivity contribution >= 4 is 28.7 Å². The average molecular weight is 400 g/mol. The molecule has 0 aliphatic heterocycles. The van der Waals surface area contributed by atoms with E-state index >= 15 is 0 Å². The van der Waals surface area contributed by atoms with E-state index in [0.29, 0.717) is 37.9 Å². The van der Waals surface area contributed by atoms with Gasteiger partial charge in [0.1, 0.15) is 11.7 Å². The normalized spacial score (nSPS) is 19.8. The number of aromatic nitrogens is 1. The molecular formula is C21H28N4O4. The van der Waals surface area contributed by atoms with Crippen molar-refractivity contribution in [2.75, 3.05) is 6.54 Å². The van der Waals surface area contributed by atoms with Crippen LogP contribution in [-0.4, -0.2) is 46.1 Å². The summed E-state index contributed by atoms with van der Waals surface area (Å²) in [6.07, 6.45) is 2.90. The van der Waals surface area contributed by atoms with E-state index in [1.165, 1.54) is 0 Å². The minimum absolute atomic E-state index is 0.345. The molecule has 8 nitrogen and oxygen atoms in total. The van der Waals surface area contributed by atoms with Gasteiger partial charge < -0.3 is 26.0 Å². The molecule has 2 amide bonds. The lowest BCUT2D eigenvalue weighted by Crippen LogP contribution is -2.51. The van der Waals surface area contributed by atoms with Gasteiger partial charge in [-0.2, -0.15) is 0 Å². The second-order valence-electron chi connectivity index (χ2n) is 7.60. The van der Waals surface area contributed by atoms with Gasteiger partial charge in [0.2, 0.25) is 5.91 Å². The molecule has 1 aliphatic carbocycles. The molecule has 2 aromatic rings. The first-order chi connectivity index (χ1) is 13.9. The van der Waals surface area contributed by atoms with E-state index in [-0.39, 0.29) is 11.8 Å². The van der Waals surface area contributed by atoms with Crippen LogP contribution in [0.1, 0.15) is 42.6 Å². The summed E-state index contributed by atoms with van der Waals surface area (Å²) in [4.78, 5) is 37.1. The molecule has 1 fully saturated rings. The summed E-state index contributed by atoms with van der Waals surface area (Å²) in [6.45, 7) is 0.398. The first kappa shape index (κ1) is 20.9. The first-order valence-electron chi connectivity index (χ1n) is 10.0. The van der Waals surface area contributed by atoms with Gasteiger partial charge in [0, 0.05) is 24.0 Å². The van der Waals surface area contributed by atoms with Gasteiger partial charge in [-0.1, -0.05) is 24.6 Å². The van der Waals surface area contributed by atoms with Gasteiger partial charge in [-0.3, -0.25) is 14.4 Å². The Hall–Kier alpha value is -2.87. The number of rotatable bonds is 8. The highest BCUT2D eigenvalue weighted by atomic mass is 16.4. The van der Waals surface area contributed by atoms with E-state index in [0.717, 1.165) is 17.3 Å². The van der Waals surface area contributed by atoms with Crippen LogP contribution in [0.3, 0.4) is 0 Å². The van der Waals surface area contributed by atoms with Crippen molar-refractivity contribution in [3.63, 3.8) is 0 Å². The summed E-state index contributed by atoms with van der Waals surface area (Å²) < 4.78 is 1.79. The van der Waals surface area contributed by atoms with Crippen LogP contribution in [0, 0.1) is 5.92 Å². The van der Waals surface area contributed by atoms with Gasteiger partial charge in [-0.25, -0.2) is 0 Å². The summed E-state index contributed by atoms with van der Waals surface area (Å²) in [5, 5.41) is 15.9. The number of nitrogens with two attached hydrogens (primary N) is 1. The Morgan fingerprint density at radius 1 is 1.28 bits per heavy atom. The zero-order valence-corrected chi connectivity index (χ0v) is 16.6. The number of carboxylic acid groups (broad SMARTS) is 1. The molecule has 1 aromatic carbocycles. The van der Waals surface area contributed by atoms with Crippen LogP contribution in [0.2, 0.25) is 0 Å². The molecule has 1 saturated carbocycles. The first-order valence-corrected chi connectivity index (χ1v) is 10.0.